The number of hydrogen-bond acceptors (Lipinski definition) is 3. The van der Waals surface area contributed by atoms with Gasteiger partial charge in [0.1, 0.15) is 5.60 Å². The number of ether oxygens (including phenoxy) is 1. The molecule has 0 aliphatic carbocycles. The Balaban J connectivity index is 2.93. The summed E-state index contributed by atoms with van der Waals surface area (Å²) >= 11 is 6.00. The normalized spacial score (nSPS) is 10.9. The zero-order valence-corrected chi connectivity index (χ0v) is 13.0. The van der Waals surface area contributed by atoms with Crippen molar-refractivity contribution in [1.29, 1.82) is 0 Å². The van der Waals surface area contributed by atoms with Gasteiger partial charge in [0.2, 0.25) is 0 Å². The Morgan fingerprint density at radius 1 is 1.25 bits per heavy atom. The second kappa shape index (κ2) is 6.13. The number of carbonyl (C=O) groups excluding carboxylic acids is 2. The van der Waals surface area contributed by atoms with Crippen molar-refractivity contribution in [3.63, 3.8) is 0 Å². The number of halogens is 1. The molecule has 6 heteroatoms. The summed E-state index contributed by atoms with van der Waals surface area (Å²) in [4.78, 5) is 25.0. The van der Waals surface area contributed by atoms with Crippen LogP contribution in [0.5, 0.6) is 0 Å². The van der Waals surface area contributed by atoms with Gasteiger partial charge in [0.15, 0.2) is 0 Å². The zero-order chi connectivity index (χ0) is 15.5. The first-order valence-corrected chi connectivity index (χ1v) is 6.49. The summed E-state index contributed by atoms with van der Waals surface area (Å²) in [6, 6.07) is 4.69. The van der Waals surface area contributed by atoms with E-state index in [1.807, 2.05) is 0 Å². The molecule has 0 saturated carbocycles. The molecule has 0 unspecified atom stereocenters. The zero-order valence-electron chi connectivity index (χ0n) is 12.3. The smallest absolute Gasteiger partial charge is 0.412 e. The predicted octanol–water partition coefficient (Wildman–Crippen LogP) is 3.39. The van der Waals surface area contributed by atoms with Crippen molar-refractivity contribution in [3.8, 4) is 0 Å². The Bertz CT molecular complexity index is 522. The molecule has 0 aliphatic rings. The highest BCUT2D eigenvalue weighted by atomic mass is 35.5. The first-order chi connectivity index (χ1) is 9.10. The highest BCUT2D eigenvalue weighted by molar-refractivity contribution is 6.33. The lowest BCUT2D eigenvalue weighted by Crippen LogP contribution is -2.27. The number of benzene rings is 1. The van der Waals surface area contributed by atoms with E-state index in [-0.39, 0.29) is 5.91 Å². The second-order valence-corrected chi connectivity index (χ2v) is 5.93. The van der Waals surface area contributed by atoms with E-state index in [0.29, 0.717) is 16.3 Å². The van der Waals surface area contributed by atoms with Crippen LogP contribution in [-0.4, -0.2) is 36.6 Å². The van der Waals surface area contributed by atoms with Crippen LogP contribution in [0.3, 0.4) is 0 Å². The molecule has 110 valence electrons. The van der Waals surface area contributed by atoms with E-state index in [1.165, 1.54) is 11.0 Å². The van der Waals surface area contributed by atoms with Crippen molar-refractivity contribution in [2.24, 2.45) is 0 Å². The van der Waals surface area contributed by atoms with Crippen molar-refractivity contribution in [3.05, 3.63) is 28.8 Å². The quantitative estimate of drug-likeness (QED) is 0.910. The lowest BCUT2D eigenvalue weighted by molar-refractivity contribution is 0.0635. The summed E-state index contributed by atoms with van der Waals surface area (Å²) in [5.41, 5.74) is 0.173. The van der Waals surface area contributed by atoms with Crippen molar-refractivity contribution in [2.45, 2.75) is 26.4 Å². The van der Waals surface area contributed by atoms with Gasteiger partial charge in [0.05, 0.1) is 10.7 Å². The van der Waals surface area contributed by atoms with Gasteiger partial charge in [-0.3, -0.25) is 10.1 Å². The molecule has 1 aromatic rings. The first-order valence-electron chi connectivity index (χ1n) is 6.11. The third-order valence-corrected chi connectivity index (χ3v) is 2.58. The second-order valence-electron chi connectivity index (χ2n) is 5.52. The van der Waals surface area contributed by atoms with Gasteiger partial charge in [-0.1, -0.05) is 11.6 Å². The summed E-state index contributed by atoms with van der Waals surface area (Å²) in [5.74, 6) is -0.172. The van der Waals surface area contributed by atoms with E-state index in [0.717, 1.165) is 0 Å². The molecule has 0 atom stereocenters. The van der Waals surface area contributed by atoms with Crippen molar-refractivity contribution < 1.29 is 14.3 Å². The molecule has 1 aromatic carbocycles. The number of nitrogens with zero attached hydrogens (tertiary/aromatic N) is 1. The predicted molar refractivity (Wildman–Crippen MR) is 79.3 cm³/mol. The summed E-state index contributed by atoms with van der Waals surface area (Å²) in [7, 11) is 3.30. The molecule has 0 bridgehead atoms. The number of nitrogens with one attached hydrogen (secondary N) is 1. The number of hydrogen-bond donors (Lipinski definition) is 1. The molecule has 1 N–H and O–H groups in total. The van der Waals surface area contributed by atoms with Gasteiger partial charge in [-0.25, -0.2) is 4.79 Å². The maximum atomic E-state index is 11.9. The van der Waals surface area contributed by atoms with Crippen LogP contribution in [0.1, 0.15) is 31.1 Å². The molecule has 5 nitrogen and oxygen atoms in total. The van der Waals surface area contributed by atoms with E-state index in [1.54, 1.807) is 47.0 Å². The molecule has 0 fully saturated rings. The maximum Gasteiger partial charge on any atom is 0.412 e. The Kier molecular flexibility index (Phi) is 5.00. The molecule has 0 heterocycles. The number of amides is 2. The minimum atomic E-state index is -0.617. The first kappa shape index (κ1) is 16.3. The molecule has 0 aromatic heterocycles. The molecule has 0 aliphatic heterocycles. The van der Waals surface area contributed by atoms with Gasteiger partial charge >= 0.3 is 6.09 Å². The average Bonchev–Trinajstić information content (AvgIpc) is 2.28. The highest BCUT2D eigenvalue weighted by Gasteiger charge is 2.18. The summed E-state index contributed by atoms with van der Waals surface area (Å²) in [6.07, 6.45) is -0.617. The van der Waals surface area contributed by atoms with Gasteiger partial charge in [-0.05, 0) is 39.0 Å². The van der Waals surface area contributed by atoms with Crippen LogP contribution >= 0.6 is 11.6 Å². The van der Waals surface area contributed by atoms with Gasteiger partial charge in [-0.15, -0.1) is 0 Å². The topological polar surface area (TPSA) is 58.6 Å². The number of carbonyl (C=O) groups is 2. The monoisotopic (exact) mass is 298 g/mol. The minimum absolute atomic E-state index is 0.172. The van der Waals surface area contributed by atoms with Crippen molar-refractivity contribution in [2.75, 3.05) is 19.4 Å². The Morgan fingerprint density at radius 3 is 2.35 bits per heavy atom. The summed E-state index contributed by atoms with van der Waals surface area (Å²) in [5, 5.41) is 2.88. The fraction of sp³-hybridized carbons (Fsp3) is 0.429. The summed E-state index contributed by atoms with van der Waals surface area (Å²) < 4.78 is 5.14. The van der Waals surface area contributed by atoms with E-state index < -0.39 is 11.7 Å². The molecular formula is C14H19ClN2O3. The van der Waals surface area contributed by atoms with Crippen LogP contribution in [0.25, 0.3) is 0 Å². The third kappa shape index (κ3) is 4.74. The van der Waals surface area contributed by atoms with E-state index in [9.17, 15) is 9.59 Å². The van der Waals surface area contributed by atoms with Crippen LogP contribution in [0.2, 0.25) is 5.02 Å². The van der Waals surface area contributed by atoms with Crippen molar-refractivity contribution in [1.82, 2.24) is 4.90 Å². The van der Waals surface area contributed by atoms with Crippen LogP contribution < -0.4 is 5.32 Å². The number of rotatable bonds is 2. The van der Waals surface area contributed by atoms with Crippen molar-refractivity contribution >= 4 is 29.3 Å². The van der Waals surface area contributed by atoms with E-state index in [4.69, 9.17) is 16.3 Å². The highest BCUT2D eigenvalue weighted by Crippen LogP contribution is 2.24. The van der Waals surface area contributed by atoms with Gasteiger partial charge in [0.25, 0.3) is 5.91 Å². The molecule has 2 amide bonds. The molecular weight excluding hydrogens is 280 g/mol. The molecule has 1 rings (SSSR count). The molecule has 0 spiro atoms. The fourth-order valence-electron chi connectivity index (χ4n) is 1.43. The fourth-order valence-corrected chi connectivity index (χ4v) is 1.59. The average molecular weight is 299 g/mol. The Morgan fingerprint density at radius 2 is 1.85 bits per heavy atom. The lowest BCUT2D eigenvalue weighted by atomic mass is 10.2. The van der Waals surface area contributed by atoms with Gasteiger partial charge in [0, 0.05) is 19.7 Å². The minimum Gasteiger partial charge on any atom is -0.444 e. The Hall–Kier alpha value is -1.75. The lowest BCUT2D eigenvalue weighted by Gasteiger charge is -2.20. The van der Waals surface area contributed by atoms with Crippen LogP contribution in [0, 0.1) is 0 Å². The van der Waals surface area contributed by atoms with Crippen LogP contribution in [0.15, 0.2) is 18.2 Å². The maximum absolute atomic E-state index is 11.9. The molecule has 0 saturated heterocycles. The molecule has 20 heavy (non-hydrogen) atoms. The van der Waals surface area contributed by atoms with E-state index >= 15 is 0 Å². The number of anilines is 1. The molecule has 0 radical (unpaired) electrons. The SMILES string of the molecule is CN(C)C(=O)c1ccc(Cl)c(NC(=O)OC(C)(C)C)c1. The largest absolute Gasteiger partial charge is 0.444 e. The summed E-state index contributed by atoms with van der Waals surface area (Å²) in [6.45, 7) is 5.29. The van der Waals surface area contributed by atoms with Gasteiger partial charge in [-0.2, -0.15) is 0 Å². The third-order valence-electron chi connectivity index (χ3n) is 2.26. The van der Waals surface area contributed by atoms with Crippen LogP contribution in [0.4, 0.5) is 10.5 Å². The Labute approximate surface area is 123 Å². The van der Waals surface area contributed by atoms with Crippen LogP contribution in [-0.2, 0) is 4.74 Å². The van der Waals surface area contributed by atoms with E-state index in [2.05, 4.69) is 5.32 Å². The van der Waals surface area contributed by atoms with Gasteiger partial charge < -0.3 is 9.64 Å². The standard InChI is InChI=1S/C14H19ClN2O3/c1-14(2,3)20-13(19)16-11-8-9(6-7-10(11)15)12(18)17(4)5/h6-8H,1-5H3,(H,16,19).